The van der Waals surface area contributed by atoms with Gasteiger partial charge in [-0.1, -0.05) is 18.6 Å². The highest BCUT2D eigenvalue weighted by molar-refractivity contribution is 5.75. The molecule has 1 saturated heterocycles. The second kappa shape index (κ2) is 5.85. The second-order valence-corrected chi connectivity index (χ2v) is 8.28. The third-order valence-corrected chi connectivity index (χ3v) is 6.76. The highest BCUT2D eigenvalue weighted by atomic mass is 16.3. The molecule has 4 nitrogen and oxygen atoms in total. The van der Waals surface area contributed by atoms with Gasteiger partial charge in [-0.05, 0) is 55.6 Å². The lowest BCUT2D eigenvalue weighted by Crippen LogP contribution is -2.36. The fourth-order valence-corrected chi connectivity index (χ4v) is 5.24. The Kier molecular flexibility index (Phi) is 3.64. The van der Waals surface area contributed by atoms with Crippen LogP contribution in [0.15, 0.2) is 30.6 Å². The predicted molar refractivity (Wildman–Crippen MR) is 94.8 cm³/mol. The summed E-state index contributed by atoms with van der Waals surface area (Å²) < 4.78 is 2.23. The molecule has 5 rings (SSSR count). The SMILES string of the molecule is O[C@@H]1C[C@H]2CN(CC3CCC3)C[C@H]2C[C@H]1n1cnc2ccccc21. The van der Waals surface area contributed by atoms with Crippen LogP contribution >= 0.6 is 0 Å². The summed E-state index contributed by atoms with van der Waals surface area (Å²) in [6.07, 6.45) is 8.01. The quantitative estimate of drug-likeness (QED) is 0.943. The van der Waals surface area contributed by atoms with E-state index in [1.54, 1.807) is 0 Å². The van der Waals surface area contributed by atoms with Gasteiger partial charge in [0.1, 0.15) is 0 Å². The number of rotatable bonds is 3. The lowest BCUT2D eigenvalue weighted by molar-refractivity contribution is 0.0374. The second-order valence-electron chi connectivity index (χ2n) is 8.28. The number of aromatic nitrogens is 2. The molecule has 0 radical (unpaired) electrons. The zero-order valence-electron chi connectivity index (χ0n) is 14.2. The molecule has 128 valence electrons. The van der Waals surface area contributed by atoms with E-state index in [1.165, 1.54) is 38.9 Å². The highest BCUT2D eigenvalue weighted by Gasteiger charge is 2.43. The van der Waals surface area contributed by atoms with E-state index in [9.17, 15) is 5.11 Å². The summed E-state index contributed by atoms with van der Waals surface area (Å²) in [5.41, 5.74) is 2.19. The zero-order valence-corrected chi connectivity index (χ0v) is 14.2. The van der Waals surface area contributed by atoms with Gasteiger partial charge < -0.3 is 14.6 Å². The molecule has 0 bridgehead atoms. The van der Waals surface area contributed by atoms with Crippen molar-refractivity contribution < 1.29 is 5.11 Å². The molecule has 3 fully saturated rings. The lowest BCUT2D eigenvalue weighted by Gasteiger charge is -2.36. The topological polar surface area (TPSA) is 41.3 Å². The Bertz CT molecular complexity index is 722. The van der Waals surface area contributed by atoms with E-state index >= 15 is 0 Å². The van der Waals surface area contributed by atoms with Crippen molar-refractivity contribution in [1.29, 1.82) is 0 Å². The first-order valence-corrected chi connectivity index (χ1v) is 9.60. The van der Waals surface area contributed by atoms with Crippen molar-refractivity contribution in [2.45, 2.75) is 44.2 Å². The number of para-hydroxylation sites is 2. The summed E-state index contributed by atoms with van der Waals surface area (Å²) in [4.78, 5) is 7.21. The van der Waals surface area contributed by atoms with Gasteiger partial charge in [-0.15, -0.1) is 0 Å². The molecule has 1 N–H and O–H groups in total. The number of hydrogen-bond acceptors (Lipinski definition) is 3. The van der Waals surface area contributed by atoms with Crippen LogP contribution in [-0.4, -0.2) is 45.3 Å². The smallest absolute Gasteiger partial charge is 0.0961 e. The first-order valence-electron chi connectivity index (χ1n) is 9.60. The van der Waals surface area contributed by atoms with Crippen LogP contribution in [0, 0.1) is 17.8 Å². The number of nitrogens with zero attached hydrogens (tertiary/aromatic N) is 3. The molecule has 2 aliphatic carbocycles. The van der Waals surface area contributed by atoms with Gasteiger partial charge in [-0.2, -0.15) is 0 Å². The fraction of sp³-hybridized carbons (Fsp3) is 0.650. The maximum Gasteiger partial charge on any atom is 0.0961 e. The Labute approximate surface area is 143 Å². The number of hydrogen-bond donors (Lipinski definition) is 1. The number of benzene rings is 1. The van der Waals surface area contributed by atoms with Crippen LogP contribution in [0.3, 0.4) is 0 Å². The van der Waals surface area contributed by atoms with Gasteiger partial charge in [-0.3, -0.25) is 0 Å². The molecule has 1 aromatic heterocycles. The standard InChI is InChI=1S/C20H27N3O/c24-20-9-16-12-22(10-14-4-3-5-14)11-15(16)8-19(20)23-13-21-17-6-1-2-7-18(17)23/h1-2,6-7,13-16,19-20,24H,3-5,8-12H2/t15-,16+,19-,20-/m1/s1. The summed E-state index contributed by atoms with van der Waals surface area (Å²) in [5.74, 6) is 2.37. The molecular weight excluding hydrogens is 298 g/mol. The first kappa shape index (κ1) is 14.9. The summed E-state index contributed by atoms with van der Waals surface area (Å²) in [5, 5.41) is 10.8. The molecule has 1 aromatic carbocycles. The Morgan fingerprint density at radius 1 is 1.08 bits per heavy atom. The number of fused-ring (bicyclic) bond motifs is 2. The molecule has 0 unspecified atom stereocenters. The van der Waals surface area contributed by atoms with Crippen LogP contribution in [0.1, 0.15) is 38.1 Å². The van der Waals surface area contributed by atoms with Gasteiger partial charge >= 0.3 is 0 Å². The van der Waals surface area contributed by atoms with Crippen LogP contribution in [0.5, 0.6) is 0 Å². The van der Waals surface area contributed by atoms with Gasteiger partial charge in [-0.25, -0.2) is 4.98 Å². The van der Waals surface area contributed by atoms with Crippen LogP contribution in [0.4, 0.5) is 0 Å². The van der Waals surface area contributed by atoms with E-state index in [4.69, 9.17) is 0 Å². The van der Waals surface area contributed by atoms with E-state index in [2.05, 4.69) is 32.7 Å². The van der Waals surface area contributed by atoms with Crippen LogP contribution < -0.4 is 0 Å². The van der Waals surface area contributed by atoms with Gasteiger partial charge in [0.15, 0.2) is 0 Å². The Hall–Kier alpha value is -1.39. The monoisotopic (exact) mass is 325 g/mol. The van der Waals surface area contributed by atoms with Crippen molar-refractivity contribution >= 4 is 11.0 Å². The van der Waals surface area contributed by atoms with E-state index in [0.29, 0.717) is 5.92 Å². The predicted octanol–water partition coefficient (Wildman–Crippen LogP) is 3.08. The number of likely N-dealkylation sites (tertiary alicyclic amines) is 1. The molecular formula is C20H27N3O. The molecule has 0 amide bonds. The van der Waals surface area contributed by atoms with Gasteiger partial charge in [0.2, 0.25) is 0 Å². The molecule has 3 aliphatic rings. The number of imidazole rings is 1. The molecule has 4 heteroatoms. The number of aliphatic hydroxyl groups is 1. The van der Waals surface area contributed by atoms with Crippen molar-refractivity contribution in [3.63, 3.8) is 0 Å². The Morgan fingerprint density at radius 2 is 1.88 bits per heavy atom. The normalized spacial score (nSPS) is 34.4. The summed E-state index contributed by atoms with van der Waals surface area (Å²) in [6.45, 7) is 3.73. The maximum atomic E-state index is 10.8. The van der Waals surface area contributed by atoms with E-state index in [1.807, 2.05) is 12.4 Å². The average Bonchev–Trinajstić information content (AvgIpc) is 3.13. The van der Waals surface area contributed by atoms with Crippen molar-refractivity contribution in [2.24, 2.45) is 17.8 Å². The summed E-state index contributed by atoms with van der Waals surface area (Å²) >= 11 is 0. The first-order chi connectivity index (χ1) is 11.8. The molecule has 24 heavy (non-hydrogen) atoms. The summed E-state index contributed by atoms with van der Waals surface area (Å²) in [7, 11) is 0. The van der Waals surface area contributed by atoms with Crippen molar-refractivity contribution in [1.82, 2.24) is 14.5 Å². The minimum Gasteiger partial charge on any atom is -0.391 e. The Balaban J connectivity index is 1.34. The van der Waals surface area contributed by atoms with Crippen LogP contribution in [0.2, 0.25) is 0 Å². The lowest BCUT2D eigenvalue weighted by atomic mass is 9.77. The van der Waals surface area contributed by atoms with Gasteiger partial charge in [0.05, 0.1) is 29.5 Å². The van der Waals surface area contributed by atoms with Crippen molar-refractivity contribution in [3.8, 4) is 0 Å². The van der Waals surface area contributed by atoms with Crippen LogP contribution in [-0.2, 0) is 0 Å². The largest absolute Gasteiger partial charge is 0.391 e. The fourth-order valence-electron chi connectivity index (χ4n) is 5.24. The van der Waals surface area contributed by atoms with Crippen molar-refractivity contribution in [2.75, 3.05) is 19.6 Å². The molecule has 0 spiro atoms. The third kappa shape index (κ3) is 2.47. The molecule has 1 aliphatic heterocycles. The third-order valence-electron chi connectivity index (χ3n) is 6.76. The maximum absolute atomic E-state index is 10.8. The van der Waals surface area contributed by atoms with E-state index < -0.39 is 0 Å². The molecule has 2 saturated carbocycles. The Morgan fingerprint density at radius 3 is 2.67 bits per heavy atom. The zero-order chi connectivity index (χ0) is 16.1. The van der Waals surface area contributed by atoms with E-state index in [-0.39, 0.29) is 12.1 Å². The summed E-state index contributed by atoms with van der Waals surface area (Å²) in [6, 6.07) is 8.46. The number of aliphatic hydroxyl groups excluding tert-OH is 1. The van der Waals surface area contributed by atoms with Crippen molar-refractivity contribution in [3.05, 3.63) is 30.6 Å². The highest BCUT2D eigenvalue weighted by Crippen LogP contribution is 2.43. The molecule has 2 aromatic rings. The van der Waals surface area contributed by atoms with Gasteiger partial charge in [0.25, 0.3) is 0 Å². The van der Waals surface area contributed by atoms with E-state index in [0.717, 1.165) is 35.7 Å². The minimum atomic E-state index is -0.243. The van der Waals surface area contributed by atoms with Crippen LogP contribution in [0.25, 0.3) is 11.0 Å². The van der Waals surface area contributed by atoms with Gasteiger partial charge in [0, 0.05) is 19.6 Å². The average molecular weight is 325 g/mol. The minimum absolute atomic E-state index is 0.183. The molecule has 4 atom stereocenters. The molecule has 2 heterocycles.